The smallest absolute Gasteiger partial charge is 0.255 e. The highest BCUT2D eigenvalue weighted by molar-refractivity contribution is 9.10. The van der Waals surface area contributed by atoms with Gasteiger partial charge in [-0.25, -0.2) is 24.3 Å². The zero-order valence-electron chi connectivity index (χ0n) is 17.4. The average Bonchev–Trinajstić information content (AvgIpc) is 3.52. The van der Waals surface area contributed by atoms with Gasteiger partial charge in [-0.2, -0.15) is 0 Å². The highest BCUT2D eigenvalue weighted by Gasteiger charge is 2.49. The van der Waals surface area contributed by atoms with Gasteiger partial charge in [-0.3, -0.25) is 9.20 Å². The van der Waals surface area contributed by atoms with Crippen LogP contribution in [0.3, 0.4) is 0 Å². The van der Waals surface area contributed by atoms with Crippen LogP contribution in [-0.4, -0.2) is 53.3 Å². The number of fused-ring (bicyclic) bond motifs is 3. The molecule has 6 rings (SSSR count). The molecule has 0 saturated carbocycles. The first-order valence-corrected chi connectivity index (χ1v) is 11.5. The minimum Gasteiger partial charge on any atom is -0.362 e. The number of carbonyl (C=O) groups excluding carboxylic acids is 1. The molecule has 1 N–H and O–H groups in total. The van der Waals surface area contributed by atoms with E-state index < -0.39 is 5.82 Å². The van der Waals surface area contributed by atoms with Gasteiger partial charge in [0.15, 0.2) is 17.3 Å². The van der Waals surface area contributed by atoms with E-state index in [-0.39, 0.29) is 41.0 Å². The van der Waals surface area contributed by atoms with Crippen molar-refractivity contribution in [2.75, 3.05) is 5.32 Å². The van der Waals surface area contributed by atoms with Crippen molar-refractivity contribution < 1.29 is 9.18 Å². The van der Waals surface area contributed by atoms with Crippen LogP contribution < -0.4 is 5.32 Å². The van der Waals surface area contributed by atoms with E-state index in [0.29, 0.717) is 5.82 Å². The fourth-order valence-electron chi connectivity index (χ4n) is 5.12. The van der Waals surface area contributed by atoms with Gasteiger partial charge in [0.2, 0.25) is 0 Å². The Morgan fingerprint density at radius 2 is 1.94 bits per heavy atom. The lowest BCUT2D eigenvalue weighted by Gasteiger charge is -2.26. The van der Waals surface area contributed by atoms with E-state index in [4.69, 9.17) is 0 Å². The highest BCUT2D eigenvalue weighted by Crippen LogP contribution is 2.41. The number of nitrogens with one attached hydrogen (secondary N) is 1. The van der Waals surface area contributed by atoms with Crippen LogP contribution in [0, 0.1) is 5.82 Å². The molecule has 166 valence electrons. The van der Waals surface area contributed by atoms with Gasteiger partial charge in [-0.15, -0.1) is 0 Å². The summed E-state index contributed by atoms with van der Waals surface area (Å²) in [4.78, 5) is 32.9. The number of carbonyl (C=O) groups is 1. The summed E-state index contributed by atoms with van der Waals surface area (Å²) in [5, 5.41) is 3.51. The van der Waals surface area contributed by atoms with E-state index in [2.05, 4.69) is 41.2 Å². The van der Waals surface area contributed by atoms with Crippen LogP contribution in [0.2, 0.25) is 0 Å². The summed E-state index contributed by atoms with van der Waals surface area (Å²) in [5.41, 5.74) is 1.16. The van der Waals surface area contributed by atoms with E-state index >= 15 is 0 Å². The van der Waals surface area contributed by atoms with Crippen LogP contribution in [-0.2, 0) is 0 Å². The first-order chi connectivity index (χ1) is 16.1. The third kappa shape index (κ3) is 3.28. The van der Waals surface area contributed by atoms with Crippen LogP contribution in [0.4, 0.5) is 10.2 Å². The molecule has 2 aliphatic rings. The molecule has 0 radical (unpaired) electrons. The summed E-state index contributed by atoms with van der Waals surface area (Å²) in [5.74, 6) is 0.190. The van der Waals surface area contributed by atoms with Crippen LogP contribution >= 0.6 is 15.9 Å². The number of anilines is 1. The maximum absolute atomic E-state index is 14.8. The van der Waals surface area contributed by atoms with Crippen LogP contribution in [0.15, 0.2) is 59.9 Å². The number of benzene rings is 1. The van der Waals surface area contributed by atoms with Crippen LogP contribution in [0.25, 0.3) is 17.0 Å². The Bertz CT molecular complexity index is 1360. The summed E-state index contributed by atoms with van der Waals surface area (Å²) in [6.45, 7) is 0. The molecular weight excluding hydrogens is 489 g/mol. The van der Waals surface area contributed by atoms with E-state index in [9.17, 15) is 9.18 Å². The summed E-state index contributed by atoms with van der Waals surface area (Å²) in [7, 11) is 0. The molecule has 5 heterocycles. The van der Waals surface area contributed by atoms with Gasteiger partial charge in [0.05, 0.1) is 29.4 Å². The number of amides is 1. The zero-order chi connectivity index (χ0) is 22.5. The molecule has 2 bridgehead atoms. The molecule has 2 fully saturated rings. The molecule has 2 saturated heterocycles. The van der Waals surface area contributed by atoms with Crippen molar-refractivity contribution >= 4 is 33.3 Å². The van der Waals surface area contributed by atoms with Crippen molar-refractivity contribution in [2.24, 2.45) is 0 Å². The number of imidazole rings is 1. The third-order valence-electron chi connectivity index (χ3n) is 6.51. The number of halogens is 2. The van der Waals surface area contributed by atoms with Gasteiger partial charge in [0.1, 0.15) is 10.4 Å². The van der Waals surface area contributed by atoms with Gasteiger partial charge in [-0.05, 0) is 53.4 Å². The van der Waals surface area contributed by atoms with Crippen molar-refractivity contribution in [3.63, 3.8) is 0 Å². The summed E-state index contributed by atoms with van der Waals surface area (Å²) >= 11 is 3.48. The Morgan fingerprint density at radius 3 is 2.79 bits per heavy atom. The second kappa shape index (κ2) is 7.87. The van der Waals surface area contributed by atoms with Gasteiger partial charge in [0.25, 0.3) is 5.91 Å². The largest absolute Gasteiger partial charge is 0.362 e. The maximum Gasteiger partial charge on any atom is 0.255 e. The molecule has 1 amide bonds. The van der Waals surface area contributed by atoms with Crippen molar-refractivity contribution in [2.45, 2.75) is 37.4 Å². The molecule has 10 heteroatoms. The van der Waals surface area contributed by atoms with Crippen molar-refractivity contribution in [3.8, 4) is 11.4 Å². The highest BCUT2D eigenvalue weighted by atomic mass is 79.9. The fourth-order valence-corrected chi connectivity index (χ4v) is 5.51. The fraction of sp³-hybridized carbons (Fsp3) is 0.261. The standard InChI is InChI=1S/C23H19BrFN7O/c24-18-12-29-22-21(28-9-10-31(18)22)30-16-11-13-5-6-17(16)32(13)23(33)14-3-1-4-15(25)19(14)20-26-7-2-8-27-20/h1-4,7-10,12-13,16-17H,5-6,11H2,(H,28,30)/t13-,16-,17+/m1/s1. The molecule has 0 spiro atoms. The maximum atomic E-state index is 14.8. The Labute approximate surface area is 197 Å². The molecule has 8 nitrogen and oxygen atoms in total. The quantitative estimate of drug-likeness (QED) is 0.450. The van der Waals surface area contributed by atoms with E-state index in [1.165, 1.54) is 6.07 Å². The lowest BCUT2D eigenvalue weighted by Crippen LogP contribution is -2.40. The number of hydrogen-bond donors (Lipinski definition) is 1. The molecule has 2 aliphatic heterocycles. The molecule has 4 aromatic rings. The van der Waals surface area contributed by atoms with Gasteiger partial charge < -0.3 is 10.2 Å². The van der Waals surface area contributed by atoms with Gasteiger partial charge in [0, 0.05) is 30.8 Å². The third-order valence-corrected chi connectivity index (χ3v) is 7.10. The first kappa shape index (κ1) is 20.2. The predicted octanol–water partition coefficient (Wildman–Crippen LogP) is 3.95. The van der Waals surface area contributed by atoms with Crippen LogP contribution in [0.5, 0.6) is 0 Å². The predicted molar refractivity (Wildman–Crippen MR) is 123 cm³/mol. The van der Waals surface area contributed by atoms with Crippen molar-refractivity contribution in [1.82, 2.24) is 29.2 Å². The van der Waals surface area contributed by atoms with Gasteiger partial charge >= 0.3 is 0 Å². The minimum absolute atomic E-state index is 0.0178. The molecule has 0 aliphatic carbocycles. The lowest BCUT2D eigenvalue weighted by atomic mass is 9.95. The topological polar surface area (TPSA) is 88.3 Å². The molecular formula is C23H19BrFN7O. The van der Waals surface area contributed by atoms with E-state index in [1.807, 2.05) is 15.5 Å². The van der Waals surface area contributed by atoms with E-state index in [0.717, 1.165) is 29.5 Å². The summed E-state index contributed by atoms with van der Waals surface area (Å²) < 4.78 is 17.6. The van der Waals surface area contributed by atoms with Crippen molar-refractivity contribution in [3.05, 3.63) is 71.2 Å². The Balaban J connectivity index is 1.32. The average molecular weight is 508 g/mol. The van der Waals surface area contributed by atoms with Gasteiger partial charge in [-0.1, -0.05) is 6.07 Å². The first-order valence-electron chi connectivity index (χ1n) is 10.7. The Kier molecular flexibility index (Phi) is 4.83. The molecule has 0 unspecified atom stereocenters. The summed E-state index contributed by atoms with van der Waals surface area (Å²) in [6.07, 6.45) is 11.0. The number of aromatic nitrogens is 5. The molecule has 3 atom stereocenters. The Morgan fingerprint density at radius 1 is 1.09 bits per heavy atom. The van der Waals surface area contributed by atoms with Crippen molar-refractivity contribution in [1.29, 1.82) is 0 Å². The number of rotatable bonds is 4. The summed E-state index contributed by atoms with van der Waals surface area (Å²) in [6, 6.07) is 6.31. The Hall–Kier alpha value is -3.40. The van der Waals surface area contributed by atoms with E-state index in [1.54, 1.807) is 43.0 Å². The normalized spacial score (nSPS) is 21.6. The second-order valence-corrected chi connectivity index (χ2v) is 9.10. The lowest BCUT2D eigenvalue weighted by molar-refractivity contribution is 0.0728. The molecule has 1 aromatic carbocycles. The monoisotopic (exact) mass is 507 g/mol. The van der Waals surface area contributed by atoms with Crippen LogP contribution in [0.1, 0.15) is 29.6 Å². The second-order valence-electron chi connectivity index (χ2n) is 8.28. The SMILES string of the molecule is O=C(c1cccc(F)c1-c1ncccn1)N1[C@@H]2CC[C@H]1[C@H](Nc1nccn3c(Br)cnc13)C2. The minimum atomic E-state index is -0.506. The number of hydrogen-bond acceptors (Lipinski definition) is 6. The zero-order valence-corrected chi connectivity index (χ0v) is 19.0. The number of nitrogens with zero attached hydrogens (tertiary/aromatic N) is 6. The molecule has 3 aromatic heterocycles. The molecule has 33 heavy (non-hydrogen) atoms.